The molecule has 0 aliphatic heterocycles. The molecular weight excluding hydrogens is 351 g/mol. The zero-order valence-corrected chi connectivity index (χ0v) is 12.9. The molecular formula is C12H18ClIN2O. The van der Waals surface area contributed by atoms with Crippen LogP contribution in [0.1, 0.15) is 20.3 Å². The number of carbonyl (C=O) groups is 1. The molecule has 0 fully saturated rings. The summed E-state index contributed by atoms with van der Waals surface area (Å²) in [5.41, 5.74) is 6.64. The van der Waals surface area contributed by atoms with Gasteiger partial charge >= 0.3 is 0 Å². The first-order valence-corrected chi connectivity index (χ1v) is 6.44. The summed E-state index contributed by atoms with van der Waals surface area (Å²) in [5, 5.41) is 2.83. The van der Waals surface area contributed by atoms with Gasteiger partial charge in [-0.2, -0.15) is 0 Å². The lowest BCUT2D eigenvalue weighted by atomic mass is 9.99. The van der Waals surface area contributed by atoms with Gasteiger partial charge in [-0.3, -0.25) is 4.79 Å². The van der Waals surface area contributed by atoms with E-state index in [1.165, 1.54) is 0 Å². The van der Waals surface area contributed by atoms with Crippen LogP contribution in [0.3, 0.4) is 0 Å². The minimum atomic E-state index is -0.442. The number of halogens is 2. The van der Waals surface area contributed by atoms with E-state index in [2.05, 4.69) is 27.9 Å². The predicted octanol–water partition coefficient (Wildman–Crippen LogP) is 3.02. The molecule has 0 heterocycles. The van der Waals surface area contributed by atoms with Gasteiger partial charge in [0.25, 0.3) is 0 Å². The largest absolute Gasteiger partial charge is 0.325 e. The van der Waals surface area contributed by atoms with Gasteiger partial charge in [-0.15, -0.1) is 12.4 Å². The van der Waals surface area contributed by atoms with E-state index in [0.717, 1.165) is 15.7 Å². The minimum absolute atomic E-state index is 0. The number of carbonyl (C=O) groups excluding carboxylic acids is 1. The van der Waals surface area contributed by atoms with Crippen LogP contribution in [0.2, 0.25) is 0 Å². The smallest absolute Gasteiger partial charge is 0.241 e. The summed E-state index contributed by atoms with van der Waals surface area (Å²) >= 11 is 2.21. The van der Waals surface area contributed by atoms with Crippen LogP contribution in [-0.2, 0) is 4.79 Å². The van der Waals surface area contributed by atoms with Gasteiger partial charge in [0.15, 0.2) is 0 Å². The monoisotopic (exact) mass is 368 g/mol. The molecule has 0 radical (unpaired) electrons. The van der Waals surface area contributed by atoms with Gasteiger partial charge in [-0.05, 0) is 46.7 Å². The molecule has 0 saturated carbocycles. The van der Waals surface area contributed by atoms with E-state index in [1.54, 1.807) is 0 Å². The zero-order chi connectivity index (χ0) is 12.1. The van der Waals surface area contributed by atoms with Crippen molar-refractivity contribution in [3.8, 4) is 0 Å². The number of rotatable bonds is 4. The van der Waals surface area contributed by atoms with Crippen molar-refractivity contribution in [3.63, 3.8) is 0 Å². The molecule has 0 saturated heterocycles. The zero-order valence-electron chi connectivity index (χ0n) is 9.94. The summed E-state index contributed by atoms with van der Waals surface area (Å²) in [4.78, 5) is 11.8. The Balaban J connectivity index is 0.00000256. The van der Waals surface area contributed by atoms with E-state index in [0.29, 0.717) is 0 Å². The van der Waals surface area contributed by atoms with Crippen LogP contribution in [0.15, 0.2) is 24.3 Å². The Labute approximate surface area is 122 Å². The Hall–Kier alpha value is -0.330. The molecule has 1 rings (SSSR count). The highest BCUT2D eigenvalue weighted by molar-refractivity contribution is 14.1. The van der Waals surface area contributed by atoms with Crippen molar-refractivity contribution in [1.82, 2.24) is 0 Å². The second kappa shape index (κ2) is 7.89. The Morgan fingerprint density at radius 2 is 2.18 bits per heavy atom. The Morgan fingerprint density at radius 1 is 1.53 bits per heavy atom. The van der Waals surface area contributed by atoms with Gasteiger partial charge in [0.1, 0.15) is 0 Å². The molecule has 1 amide bonds. The summed E-state index contributed by atoms with van der Waals surface area (Å²) in [6.45, 7) is 4.02. The van der Waals surface area contributed by atoms with Crippen LogP contribution in [-0.4, -0.2) is 11.9 Å². The first-order chi connectivity index (χ1) is 7.54. The molecule has 0 spiro atoms. The molecule has 2 atom stereocenters. The van der Waals surface area contributed by atoms with Gasteiger partial charge < -0.3 is 11.1 Å². The Kier molecular flexibility index (Phi) is 7.74. The highest BCUT2D eigenvalue weighted by Gasteiger charge is 2.19. The van der Waals surface area contributed by atoms with Crippen LogP contribution >= 0.6 is 35.0 Å². The topological polar surface area (TPSA) is 55.1 Å². The number of hydrogen-bond acceptors (Lipinski definition) is 2. The lowest BCUT2D eigenvalue weighted by molar-refractivity contribution is -0.118. The molecule has 96 valence electrons. The molecule has 1 aromatic rings. The van der Waals surface area contributed by atoms with Crippen molar-refractivity contribution < 1.29 is 4.79 Å². The standard InChI is InChI=1S/C12H17IN2O.ClH/c1-3-8(2)11(14)12(16)15-10-6-4-5-9(13)7-10;/h4-8,11H,3,14H2,1-2H3,(H,15,16);1H. The first-order valence-electron chi connectivity index (χ1n) is 5.36. The third-order valence-electron chi connectivity index (χ3n) is 2.65. The van der Waals surface area contributed by atoms with Gasteiger partial charge in [0.2, 0.25) is 5.91 Å². The van der Waals surface area contributed by atoms with Crippen LogP contribution in [0.25, 0.3) is 0 Å². The summed E-state index contributed by atoms with van der Waals surface area (Å²) in [5.74, 6) is 0.0825. The van der Waals surface area contributed by atoms with E-state index >= 15 is 0 Å². The number of benzene rings is 1. The fraction of sp³-hybridized carbons (Fsp3) is 0.417. The summed E-state index contributed by atoms with van der Waals surface area (Å²) in [7, 11) is 0. The molecule has 0 aliphatic rings. The molecule has 5 heteroatoms. The van der Waals surface area contributed by atoms with Gasteiger partial charge in [-0.1, -0.05) is 26.3 Å². The maximum absolute atomic E-state index is 11.8. The number of amides is 1. The number of nitrogens with two attached hydrogens (primary N) is 1. The average Bonchev–Trinajstić information content (AvgIpc) is 2.27. The number of hydrogen-bond donors (Lipinski definition) is 2. The summed E-state index contributed by atoms with van der Waals surface area (Å²) in [6, 6.07) is 7.23. The van der Waals surface area contributed by atoms with Crippen molar-refractivity contribution in [2.24, 2.45) is 11.7 Å². The normalized spacial score (nSPS) is 13.4. The van der Waals surface area contributed by atoms with Crippen molar-refractivity contribution in [3.05, 3.63) is 27.8 Å². The van der Waals surface area contributed by atoms with Gasteiger partial charge in [0.05, 0.1) is 6.04 Å². The quantitative estimate of drug-likeness (QED) is 0.803. The third kappa shape index (κ3) is 5.23. The molecule has 3 N–H and O–H groups in total. The lowest BCUT2D eigenvalue weighted by Crippen LogP contribution is -2.40. The predicted molar refractivity (Wildman–Crippen MR) is 82.5 cm³/mol. The molecule has 0 bridgehead atoms. The van der Waals surface area contributed by atoms with Gasteiger partial charge in [0, 0.05) is 9.26 Å². The first kappa shape index (κ1) is 16.7. The highest BCUT2D eigenvalue weighted by Crippen LogP contribution is 2.14. The van der Waals surface area contributed by atoms with Crippen LogP contribution < -0.4 is 11.1 Å². The van der Waals surface area contributed by atoms with Gasteiger partial charge in [-0.25, -0.2) is 0 Å². The van der Waals surface area contributed by atoms with E-state index in [4.69, 9.17) is 5.73 Å². The molecule has 17 heavy (non-hydrogen) atoms. The van der Waals surface area contributed by atoms with E-state index < -0.39 is 6.04 Å². The fourth-order valence-corrected chi connectivity index (χ4v) is 1.85. The number of anilines is 1. The molecule has 0 aromatic heterocycles. The van der Waals surface area contributed by atoms with E-state index in [9.17, 15) is 4.79 Å². The SMILES string of the molecule is CCC(C)C(N)C(=O)Nc1cccc(I)c1.Cl. The maximum Gasteiger partial charge on any atom is 0.241 e. The van der Waals surface area contributed by atoms with Crippen molar-refractivity contribution in [2.45, 2.75) is 26.3 Å². The maximum atomic E-state index is 11.8. The molecule has 3 nitrogen and oxygen atoms in total. The van der Waals surface area contributed by atoms with Crippen molar-refractivity contribution in [1.29, 1.82) is 0 Å². The molecule has 0 aliphatic carbocycles. The van der Waals surface area contributed by atoms with Crippen LogP contribution in [0.4, 0.5) is 5.69 Å². The summed E-state index contributed by atoms with van der Waals surface area (Å²) in [6.07, 6.45) is 0.904. The third-order valence-corrected chi connectivity index (χ3v) is 3.32. The van der Waals surface area contributed by atoms with Crippen LogP contribution in [0.5, 0.6) is 0 Å². The Bertz CT molecular complexity index is 373. The van der Waals surface area contributed by atoms with Crippen molar-refractivity contribution >= 4 is 46.6 Å². The lowest BCUT2D eigenvalue weighted by Gasteiger charge is -2.17. The molecule has 2 unspecified atom stereocenters. The molecule has 1 aromatic carbocycles. The van der Waals surface area contributed by atoms with E-state index in [1.807, 2.05) is 38.1 Å². The van der Waals surface area contributed by atoms with Crippen LogP contribution in [0, 0.1) is 9.49 Å². The summed E-state index contributed by atoms with van der Waals surface area (Å²) < 4.78 is 1.09. The number of nitrogens with one attached hydrogen (secondary N) is 1. The Morgan fingerprint density at radius 3 is 2.71 bits per heavy atom. The second-order valence-electron chi connectivity index (χ2n) is 3.91. The second-order valence-corrected chi connectivity index (χ2v) is 5.16. The highest BCUT2D eigenvalue weighted by atomic mass is 127. The minimum Gasteiger partial charge on any atom is -0.325 e. The fourth-order valence-electron chi connectivity index (χ4n) is 1.30. The average molecular weight is 369 g/mol. The van der Waals surface area contributed by atoms with E-state index in [-0.39, 0.29) is 24.2 Å². The van der Waals surface area contributed by atoms with Crippen molar-refractivity contribution in [2.75, 3.05) is 5.32 Å².